The first-order valence-corrected chi connectivity index (χ1v) is 20.5. The van der Waals surface area contributed by atoms with Crippen LogP contribution in [0.3, 0.4) is 0 Å². The van der Waals surface area contributed by atoms with Crippen LogP contribution >= 0.6 is 11.6 Å². The molecule has 1 spiro atoms. The molecule has 1 aromatic carbocycles. The number of fused-ring (bicyclic) bond motifs is 5. The van der Waals surface area contributed by atoms with Gasteiger partial charge in [0, 0.05) is 28.3 Å². The molecule has 13 nitrogen and oxygen atoms in total. The number of aromatic nitrogens is 1. The van der Waals surface area contributed by atoms with Gasteiger partial charge in [0.1, 0.15) is 29.0 Å². The van der Waals surface area contributed by atoms with Gasteiger partial charge in [-0.1, -0.05) is 36.6 Å². The van der Waals surface area contributed by atoms with Crippen LogP contribution in [0.5, 0.6) is 5.75 Å². The van der Waals surface area contributed by atoms with Gasteiger partial charge in [-0.25, -0.2) is 18.2 Å². The van der Waals surface area contributed by atoms with E-state index in [1.165, 1.54) is 4.90 Å². The Morgan fingerprint density at radius 3 is 2.64 bits per heavy atom. The molecule has 2 saturated carbocycles. The largest absolute Gasteiger partial charge is 0.483 e. The fourth-order valence-electron chi connectivity index (χ4n) is 8.05. The normalized spacial score (nSPS) is 30.2. The maximum atomic E-state index is 14.6. The standard InChI is InChI=1S/C38H48ClN5O8S/c1-22(2)51-35(48)41-29-11-9-7-5-6-8-10-24-19-38(24,34(47)43-53(49,50)36(4)16-17-36)42-32(45)30-20-37(21-44(30)33(29)46)15-14-26-27-18-25(39)12-13-28(27)40-23(3)31(26)52-37/h8,10,12-13,18,22,24,29-30H,5-7,9,11,14-17,19-21H2,1-4H3,(H,41,48)(H,42,45)(H,43,47)/b10-8-/t24-,29+,30+,37-,38-/m1/s1. The third-order valence-corrected chi connectivity index (χ3v) is 14.0. The number of pyridine rings is 1. The predicted octanol–water partition coefficient (Wildman–Crippen LogP) is 4.76. The minimum Gasteiger partial charge on any atom is -0.483 e. The van der Waals surface area contributed by atoms with Crippen molar-refractivity contribution in [1.29, 1.82) is 0 Å². The molecule has 5 aliphatic rings. The Hall–Kier alpha value is -3.91. The van der Waals surface area contributed by atoms with E-state index < -0.39 is 73.8 Å². The summed E-state index contributed by atoms with van der Waals surface area (Å²) in [6.07, 6.45) is 8.20. The predicted molar refractivity (Wildman–Crippen MR) is 198 cm³/mol. The van der Waals surface area contributed by atoms with E-state index in [1.807, 2.05) is 31.2 Å². The average molecular weight is 770 g/mol. The lowest BCUT2D eigenvalue weighted by Crippen LogP contribution is -2.58. The number of rotatable bonds is 5. The first-order valence-electron chi connectivity index (χ1n) is 18.7. The first kappa shape index (κ1) is 37.4. The Balaban J connectivity index is 1.23. The number of ether oxygens (including phenoxy) is 2. The van der Waals surface area contributed by atoms with Gasteiger partial charge in [-0.15, -0.1) is 0 Å². The number of hydrogen-bond acceptors (Lipinski definition) is 9. The SMILES string of the molecule is Cc1nc2ccc(Cl)cc2c2c1O[C@]1(CC2)C[C@H]2C(=O)N[C@]3(C(=O)NS(=O)(=O)C4(C)CC4)C[C@H]3/C=C\CCCCC[C@H](NC(=O)OC(C)C)C(=O)N2C1. The number of carbonyl (C=O) groups is 4. The third kappa shape index (κ3) is 7.20. The van der Waals surface area contributed by atoms with E-state index in [9.17, 15) is 27.6 Å². The van der Waals surface area contributed by atoms with Gasteiger partial charge in [0.2, 0.25) is 21.8 Å². The smallest absolute Gasteiger partial charge is 0.408 e. The Bertz CT molecular complexity index is 2000. The number of alkyl carbamates (subject to hydrolysis) is 1. The van der Waals surface area contributed by atoms with Crippen LogP contribution in [0.4, 0.5) is 4.79 Å². The summed E-state index contributed by atoms with van der Waals surface area (Å²) in [4.78, 5) is 62.2. The summed E-state index contributed by atoms with van der Waals surface area (Å²) in [5, 5.41) is 7.13. The topological polar surface area (TPSA) is 173 Å². The number of halogens is 1. The Morgan fingerprint density at radius 1 is 1.13 bits per heavy atom. The summed E-state index contributed by atoms with van der Waals surface area (Å²) in [5.41, 5.74) is -0.0894. The number of nitrogens with one attached hydrogen (secondary N) is 3. The minimum atomic E-state index is -3.98. The minimum absolute atomic E-state index is 0.0447. The Kier molecular flexibility index (Phi) is 9.70. The van der Waals surface area contributed by atoms with Gasteiger partial charge in [0.05, 0.1) is 28.6 Å². The molecule has 5 atom stereocenters. The van der Waals surface area contributed by atoms with Crippen molar-refractivity contribution >= 4 is 56.3 Å². The van der Waals surface area contributed by atoms with Crippen molar-refractivity contribution in [3.63, 3.8) is 0 Å². The lowest BCUT2D eigenvalue weighted by Gasteiger charge is -2.36. The van der Waals surface area contributed by atoms with E-state index in [-0.39, 0.29) is 19.4 Å². The molecule has 53 heavy (non-hydrogen) atoms. The zero-order valence-electron chi connectivity index (χ0n) is 30.6. The second-order valence-corrected chi connectivity index (χ2v) is 18.6. The van der Waals surface area contributed by atoms with Crippen LogP contribution in [0, 0.1) is 12.8 Å². The van der Waals surface area contributed by atoms with Gasteiger partial charge in [-0.2, -0.15) is 0 Å². The monoisotopic (exact) mass is 769 g/mol. The molecule has 3 N–H and O–H groups in total. The van der Waals surface area contributed by atoms with Gasteiger partial charge in [-0.05, 0) is 97.3 Å². The fraction of sp³-hybridized carbons (Fsp3) is 0.605. The van der Waals surface area contributed by atoms with Crippen molar-refractivity contribution in [3.8, 4) is 5.75 Å². The molecule has 286 valence electrons. The zero-order valence-corrected chi connectivity index (χ0v) is 32.2. The maximum Gasteiger partial charge on any atom is 0.408 e. The van der Waals surface area contributed by atoms with Crippen LogP contribution in [0.1, 0.15) is 96.2 Å². The number of amides is 4. The van der Waals surface area contributed by atoms with E-state index in [2.05, 4.69) is 15.4 Å². The molecule has 0 bridgehead atoms. The number of aryl methyl sites for hydroxylation is 2. The van der Waals surface area contributed by atoms with Crippen molar-refractivity contribution in [1.82, 2.24) is 25.2 Å². The molecule has 3 aliphatic heterocycles. The van der Waals surface area contributed by atoms with Crippen LogP contribution in [0.2, 0.25) is 5.02 Å². The van der Waals surface area contributed by atoms with Crippen LogP contribution in [0.15, 0.2) is 30.4 Å². The van der Waals surface area contributed by atoms with Crippen LogP contribution in [-0.4, -0.2) is 82.7 Å². The number of benzene rings is 1. The number of hydrogen-bond donors (Lipinski definition) is 3. The summed E-state index contributed by atoms with van der Waals surface area (Å²) in [6, 6.07) is 3.45. The number of nitrogens with zero attached hydrogens (tertiary/aromatic N) is 2. The molecule has 0 unspecified atom stereocenters. The molecular weight excluding hydrogens is 722 g/mol. The van der Waals surface area contributed by atoms with Gasteiger partial charge >= 0.3 is 6.09 Å². The van der Waals surface area contributed by atoms with Crippen molar-refractivity contribution in [2.24, 2.45) is 5.92 Å². The summed E-state index contributed by atoms with van der Waals surface area (Å²) in [5.74, 6) is -1.68. The van der Waals surface area contributed by atoms with Crippen molar-refractivity contribution in [2.75, 3.05) is 6.54 Å². The Labute approximate surface area is 315 Å². The molecule has 1 aromatic heterocycles. The number of allylic oxidation sites excluding steroid dienone is 1. The summed E-state index contributed by atoms with van der Waals surface area (Å²) >= 11 is 6.37. The summed E-state index contributed by atoms with van der Waals surface area (Å²) in [7, 11) is -3.98. The molecule has 0 radical (unpaired) electrons. The molecule has 3 fully saturated rings. The van der Waals surface area contributed by atoms with E-state index in [1.54, 1.807) is 26.8 Å². The maximum absolute atomic E-state index is 14.6. The third-order valence-electron chi connectivity index (χ3n) is 11.6. The highest BCUT2D eigenvalue weighted by Crippen LogP contribution is 2.49. The van der Waals surface area contributed by atoms with Crippen molar-refractivity contribution in [2.45, 2.75) is 132 Å². The quantitative estimate of drug-likeness (QED) is 0.363. The second kappa shape index (κ2) is 13.7. The van der Waals surface area contributed by atoms with Crippen LogP contribution in [-0.2, 0) is 35.6 Å². The number of sulfonamides is 1. The van der Waals surface area contributed by atoms with Crippen LogP contribution < -0.4 is 20.1 Å². The van der Waals surface area contributed by atoms with Crippen molar-refractivity contribution in [3.05, 3.63) is 46.6 Å². The second-order valence-electron chi connectivity index (χ2n) is 16.0. The molecule has 4 amide bonds. The molecule has 2 aromatic rings. The highest BCUT2D eigenvalue weighted by molar-refractivity contribution is 7.91. The van der Waals surface area contributed by atoms with E-state index >= 15 is 0 Å². The highest BCUT2D eigenvalue weighted by atomic mass is 35.5. The molecule has 1 saturated heterocycles. The van der Waals surface area contributed by atoms with E-state index in [0.29, 0.717) is 61.4 Å². The van der Waals surface area contributed by atoms with Gasteiger partial charge < -0.3 is 25.0 Å². The van der Waals surface area contributed by atoms with Crippen LogP contribution in [0.25, 0.3) is 10.9 Å². The van der Waals surface area contributed by atoms with Gasteiger partial charge in [0.15, 0.2) is 0 Å². The molecule has 4 heterocycles. The number of carbonyl (C=O) groups excluding carboxylic acids is 4. The molecule has 15 heteroatoms. The van der Waals surface area contributed by atoms with E-state index in [0.717, 1.165) is 29.3 Å². The Morgan fingerprint density at radius 2 is 1.91 bits per heavy atom. The molecule has 2 aliphatic carbocycles. The zero-order chi connectivity index (χ0) is 37.9. The summed E-state index contributed by atoms with van der Waals surface area (Å²) < 4.78 is 39.8. The van der Waals surface area contributed by atoms with Gasteiger partial charge in [-0.3, -0.25) is 19.1 Å². The fourth-order valence-corrected chi connectivity index (χ4v) is 9.54. The summed E-state index contributed by atoms with van der Waals surface area (Å²) in [6.45, 7) is 6.94. The lowest BCUT2D eigenvalue weighted by atomic mass is 9.87. The molecule has 7 rings (SSSR count). The van der Waals surface area contributed by atoms with Crippen molar-refractivity contribution < 1.29 is 37.1 Å². The first-order chi connectivity index (χ1) is 25.1. The van der Waals surface area contributed by atoms with Gasteiger partial charge in [0.25, 0.3) is 5.91 Å². The van der Waals surface area contributed by atoms with E-state index in [4.69, 9.17) is 26.1 Å². The highest BCUT2D eigenvalue weighted by Gasteiger charge is 2.64. The average Bonchev–Trinajstić information content (AvgIpc) is 3.98. The lowest BCUT2D eigenvalue weighted by molar-refractivity contribution is -0.141. The molecular formula is C38H48ClN5O8S.